The number of rotatable bonds is 4. The third kappa shape index (κ3) is 3.08. The maximum Gasteiger partial charge on any atom is 0.239 e. The summed E-state index contributed by atoms with van der Waals surface area (Å²) in [4.78, 5) is 41.0. The maximum atomic E-state index is 12.3. The predicted octanol–water partition coefficient (Wildman–Crippen LogP) is 0.547. The molecule has 23 heavy (non-hydrogen) atoms. The van der Waals surface area contributed by atoms with E-state index in [0.717, 1.165) is 11.0 Å². The summed E-state index contributed by atoms with van der Waals surface area (Å²) >= 11 is 0. The summed E-state index contributed by atoms with van der Waals surface area (Å²) in [6, 6.07) is 5.80. The minimum absolute atomic E-state index is 0.210. The molecule has 2 aromatic rings. The summed E-state index contributed by atoms with van der Waals surface area (Å²) in [6.45, 7) is 2.97. The second kappa shape index (κ2) is 6.20. The first-order chi connectivity index (χ1) is 11.1. The minimum atomic E-state index is -0.748. The van der Waals surface area contributed by atoms with E-state index >= 15 is 0 Å². The number of carbonyl (C=O) groups is 3. The maximum absolute atomic E-state index is 12.3. The van der Waals surface area contributed by atoms with E-state index in [2.05, 4.69) is 10.3 Å². The summed E-state index contributed by atoms with van der Waals surface area (Å²) < 4.78 is 2.04. The van der Waals surface area contributed by atoms with Gasteiger partial charge < -0.3 is 9.47 Å². The van der Waals surface area contributed by atoms with Gasteiger partial charge in [-0.15, -0.1) is 0 Å². The summed E-state index contributed by atoms with van der Waals surface area (Å²) in [6.07, 6.45) is 4.14. The van der Waals surface area contributed by atoms with Gasteiger partial charge in [-0.2, -0.15) is 0 Å². The molecule has 0 aliphatic carbocycles. The fourth-order valence-corrected chi connectivity index (χ4v) is 2.91. The Kier molecular flexibility index (Phi) is 4.10. The summed E-state index contributed by atoms with van der Waals surface area (Å²) in [5.74, 6) is -1.89. The number of amides is 3. The molecule has 0 bridgehead atoms. The van der Waals surface area contributed by atoms with Crippen LogP contribution < -0.4 is 5.32 Å². The van der Waals surface area contributed by atoms with Crippen molar-refractivity contribution in [3.8, 4) is 0 Å². The highest BCUT2D eigenvalue weighted by Gasteiger charge is 2.36. The molecule has 120 valence electrons. The SMILES string of the molecule is CC(=O)NC(=O)[C@@H]1CCN(CCn2ccc3ncccc32)C1=O. The van der Waals surface area contributed by atoms with E-state index in [4.69, 9.17) is 0 Å². The fraction of sp³-hybridized carbons (Fsp3) is 0.375. The predicted molar refractivity (Wildman–Crippen MR) is 83.2 cm³/mol. The largest absolute Gasteiger partial charge is 0.344 e. The molecule has 0 radical (unpaired) electrons. The molecule has 0 saturated carbocycles. The van der Waals surface area contributed by atoms with Gasteiger partial charge in [0.1, 0.15) is 5.92 Å². The number of carbonyl (C=O) groups excluding carboxylic acids is 3. The Morgan fingerprint density at radius 2 is 2.17 bits per heavy atom. The molecule has 0 spiro atoms. The number of likely N-dealkylation sites (tertiary alicyclic amines) is 1. The van der Waals surface area contributed by atoms with Crippen LogP contribution in [0.5, 0.6) is 0 Å². The molecule has 0 aromatic carbocycles. The fourth-order valence-electron chi connectivity index (χ4n) is 2.91. The highest BCUT2D eigenvalue weighted by molar-refractivity contribution is 6.06. The molecule has 1 fully saturated rings. The lowest BCUT2D eigenvalue weighted by Gasteiger charge is -2.17. The van der Waals surface area contributed by atoms with Crippen LogP contribution in [0.4, 0.5) is 0 Å². The number of pyridine rings is 1. The van der Waals surface area contributed by atoms with Gasteiger partial charge in [-0.3, -0.25) is 24.7 Å². The molecule has 1 atom stereocenters. The van der Waals surface area contributed by atoms with E-state index in [1.807, 2.05) is 29.0 Å². The van der Waals surface area contributed by atoms with Crippen molar-refractivity contribution in [1.29, 1.82) is 0 Å². The van der Waals surface area contributed by atoms with Gasteiger partial charge in [-0.1, -0.05) is 0 Å². The van der Waals surface area contributed by atoms with Gasteiger partial charge in [0.2, 0.25) is 17.7 Å². The number of fused-ring (bicyclic) bond motifs is 1. The summed E-state index contributed by atoms with van der Waals surface area (Å²) in [7, 11) is 0. The number of hydrogen-bond acceptors (Lipinski definition) is 4. The molecule has 1 aliphatic rings. The molecule has 7 heteroatoms. The van der Waals surface area contributed by atoms with E-state index in [1.165, 1.54) is 6.92 Å². The Morgan fingerprint density at radius 1 is 1.35 bits per heavy atom. The number of nitrogens with zero attached hydrogens (tertiary/aromatic N) is 3. The second-order valence-corrected chi connectivity index (χ2v) is 5.63. The Labute approximate surface area is 133 Å². The molecule has 3 amide bonds. The monoisotopic (exact) mass is 314 g/mol. The molecule has 1 N–H and O–H groups in total. The van der Waals surface area contributed by atoms with Crippen LogP contribution in [-0.4, -0.2) is 45.3 Å². The quantitative estimate of drug-likeness (QED) is 0.835. The van der Waals surface area contributed by atoms with Gasteiger partial charge in [0.05, 0.1) is 11.0 Å². The van der Waals surface area contributed by atoms with Crippen molar-refractivity contribution in [3.63, 3.8) is 0 Å². The molecular formula is C16H18N4O3. The molecule has 0 unspecified atom stereocenters. The molecule has 3 heterocycles. The number of nitrogens with one attached hydrogen (secondary N) is 1. The van der Waals surface area contributed by atoms with Crippen LogP contribution >= 0.6 is 0 Å². The van der Waals surface area contributed by atoms with Crippen molar-refractivity contribution in [3.05, 3.63) is 30.6 Å². The van der Waals surface area contributed by atoms with Crippen molar-refractivity contribution < 1.29 is 14.4 Å². The Morgan fingerprint density at radius 3 is 2.96 bits per heavy atom. The van der Waals surface area contributed by atoms with E-state index in [9.17, 15) is 14.4 Å². The van der Waals surface area contributed by atoms with Gasteiger partial charge in [-0.05, 0) is 24.6 Å². The minimum Gasteiger partial charge on any atom is -0.344 e. The van der Waals surface area contributed by atoms with Gasteiger partial charge >= 0.3 is 0 Å². The van der Waals surface area contributed by atoms with E-state index in [0.29, 0.717) is 26.1 Å². The topological polar surface area (TPSA) is 84.3 Å². The first-order valence-corrected chi connectivity index (χ1v) is 7.56. The van der Waals surface area contributed by atoms with E-state index in [1.54, 1.807) is 11.1 Å². The Bertz CT molecular complexity index is 768. The van der Waals surface area contributed by atoms with Crippen LogP contribution in [0.3, 0.4) is 0 Å². The Hall–Kier alpha value is -2.70. The van der Waals surface area contributed by atoms with Crippen molar-refractivity contribution in [1.82, 2.24) is 19.8 Å². The number of imide groups is 1. The van der Waals surface area contributed by atoms with Crippen LogP contribution in [0.2, 0.25) is 0 Å². The smallest absolute Gasteiger partial charge is 0.239 e. The van der Waals surface area contributed by atoms with Crippen molar-refractivity contribution in [2.75, 3.05) is 13.1 Å². The molecule has 7 nitrogen and oxygen atoms in total. The first-order valence-electron chi connectivity index (χ1n) is 7.56. The van der Waals surface area contributed by atoms with Gasteiger partial charge in [0.25, 0.3) is 0 Å². The highest BCUT2D eigenvalue weighted by Crippen LogP contribution is 2.19. The molecule has 2 aromatic heterocycles. The standard InChI is InChI=1S/C16H18N4O3/c1-11(21)18-15(22)12-4-7-20(16(12)23)10-9-19-8-5-13-14(19)3-2-6-17-13/h2-3,5-6,8,12H,4,7,9-10H2,1H3,(H,18,21,22)/t12-/m0/s1. The van der Waals surface area contributed by atoms with Crippen LogP contribution in [0.25, 0.3) is 11.0 Å². The van der Waals surface area contributed by atoms with E-state index < -0.39 is 17.7 Å². The third-order valence-corrected chi connectivity index (χ3v) is 4.06. The molecule has 1 saturated heterocycles. The molecule has 3 rings (SSSR count). The lowest BCUT2D eigenvalue weighted by molar-refractivity contribution is -0.139. The van der Waals surface area contributed by atoms with Crippen molar-refractivity contribution in [2.45, 2.75) is 19.9 Å². The van der Waals surface area contributed by atoms with Crippen LogP contribution in [0.1, 0.15) is 13.3 Å². The average Bonchev–Trinajstić information content (AvgIpc) is 3.08. The van der Waals surface area contributed by atoms with Crippen LogP contribution in [-0.2, 0) is 20.9 Å². The van der Waals surface area contributed by atoms with Crippen LogP contribution in [0.15, 0.2) is 30.6 Å². The zero-order valence-corrected chi connectivity index (χ0v) is 12.9. The summed E-state index contributed by atoms with van der Waals surface area (Å²) in [5.41, 5.74) is 1.93. The van der Waals surface area contributed by atoms with Crippen LogP contribution in [0, 0.1) is 5.92 Å². The normalized spacial score (nSPS) is 17.7. The highest BCUT2D eigenvalue weighted by atomic mass is 16.2. The number of aromatic nitrogens is 2. The second-order valence-electron chi connectivity index (χ2n) is 5.63. The Balaban J connectivity index is 1.62. The van der Waals surface area contributed by atoms with Gasteiger partial charge in [0, 0.05) is 39.0 Å². The van der Waals surface area contributed by atoms with E-state index in [-0.39, 0.29) is 5.91 Å². The van der Waals surface area contributed by atoms with Gasteiger partial charge in [0.15, 0.2) is 0 Å². The molecule has 1 aliphatic heterocycles. The third-order valence-electron chi connectivity index (χ3n) is 4.06. The lowest BCUT2D eigenvalue weighted by Crippen LogP contribution is -2.39. The summed E-state index contributed by atoms with van der Waals surface area (Å²) in [5, 5.41) is 2.19. The lowest BCUT2D eigenvalue weighted by atomic mass is 10.1. The van der Waals surface area contributed by atoms with Gasteiger partial charge in [-0.25, -0.2) is 0 Å². The van der Waals surface area contributed by atoms with Crippen molar-refractivity contribution >= 4 is 28.8 Å². The number of hydrogen-bond donors (Lipinski definition) is 1. The van der Waals surface area contributed by atoms with Crippen molar-refractivity contribution in [2.24, 2.45) is 5.92 Å². The first kappa shape index (κ1) is 15.2. The zero-order valence-electron chi connectivity index (χ0n) is 12.9. The average molecular weight is 314 g/mol. The molecular weight excluding hydrogens is 296 g/mol. The zero-order chi connectivity index (χ0) is 16.4.